The van der Waals surface area contributed by atoms with Gasteiger partial charge >= 0.3 is 0 Å². The Balaban J connectivity index is 2.41. The molecule has 1 heterocycles. The first-order valence-corrected chi connectivity index (χ1v) is 5.81. The molecule has 82 valence electrons. The van der Waals surface area contributed by atoms with Crippen LogP contribution in [-0.4, -0.2) is 5.78 Å². The van der Waals surface area contributed by atoms with Crippen LogP contribution in [0.1, 0.15) is 26.4 Å². The summed E-state index contributed by atoms with van der Waals surface area (Å²) in [6, 6.07) is 6.23. The number of carbonyl (C=O) groups is 1. The number of rotatable bonds is 2. The van der Waals surface area contributed by atoms with Gasteiger partial charge in [0.05, 0.1) is 0 Å². The Hall–Kier alpha value is -1.48. The number of hydrogen-bond acceptors (Lipinski definition) is 2. The number of aryl methyl sites for hydroxylation is 2. The van der Waals surface area contributed by atoms with Crippen molar-refractivity contribution in [2.45, 2.75) is 13.8 Å². The molecule has 0 spiro atoms. The summed E-state index contributed by atoms with van der Waals surface area (Å²) in [5.74, 6) is -0.484. The fourth-order valence-electron chi connectivity index (χ4n) is 1.60. The van der Waals surface area contributed by atoms with Gasteiger partial charge in [-0.15, -0.1) is 11.3 Å². The minimum atomic E-state index is -0.365. The largest absolute Gasteiger partial charge is 0.289 e. The van der Waals surface area contributed by atoms with Crippen molar-refractivity contribution in [1.29, 1.82) is 0 Å². The van der Waals surface area contributed by atoms with Crippen molar-refractivity contribution in [3.8, 4) is 0 Å². The summed E-state index contributed by atoms with van der Waals surface area (Å²) in [6.07, 6.45) is 0. The monoisotopic (exact) mass is 234 g/mol. The highest BCUT2D eigenvalue weighted by molar-refractivity contribution is 7.10. The van der Waals surface area contributed by atoms with Gasteiger partial charge in [0.15, 0.2) is 5.78 Å². The van der Waals surface area contributed by atoms with Gasteiger partial charge < -0.3 is 0 Å². The first kappa shape index (κ1) is 11.0. The highest BCUT2D eigenvalue weighted by Crippen LogP contribution is 2.18. The summed E-state index contributed by atoms with van der Waals surface area (Å²) in [6.45, 7) is 3.72. The molecule has 2 rings (SSSR count). The van der Waals surface area contributed by atoms with Gasteiger partial charge in [0.25, 0.3) is 0 Å². The standard InChI is InChI=1S/C13H11FOS/c1-8-3-10(6-12(14)4-8)13(15)11-5-9(2)16-7-11/h3-7H,1-2H3. The molecule has 0 fully saturated rings. The molecule has 0 aliphatic carbocycles. The number of ketones is 1. The SMILES string of the molecule is Cc1cc(F)cc(C(=O)c2csc(C)c2)c1. The fourth-order valence-corrected chi connectivity index (χ4v) is 2.28. The van der Waals surface area contributed by atoms with E-state index in [0.29, 0.717) is 11.1 Å². The molecule has 0 bridgehead atoms. The average Bonchev–Trinajstić information content (AvgIpc) is 2.62. The van der Waals surface area contributed by atoms with Crippen LogP contribution in [0.2, 0.25) is 0 Å². The van der Waals surface area contributed by atoms with Crippen LogP contribution in [-0.2, 0) is 0 Å². The number of carbonyl (C=O) groups excluding carboxylic acids is 1. The molecule has 0 saturated heterocycles. The lowest BCUT2D eigenvalue weighted by atomic mass is 10.0. The Bertz CT molecular complexity index is 522. The lowest BCUT2D eigenvalue weighted by Crippen LogP contribution is -2.00. The van der Waals surface area contributed by atoms with E-state index in [4.69, 9.17) is 0 Å². The summed E-state index contributed by atoms with van der Waals surface area (Å²) in [5, 5.41) is 1.80. The predicted octanol–water partition coefficient (Wildman–Crippen LogP) is 3.74. The Morgan fingerprint density at radius 2 is 1.88 bits per heavy atom. The van der Waals surface area contributed by atoms with Crippen molar-refractivity contribution in [2.24, 2.45) is 0 Å². The summed E-state index contributed by atoms with van der Waals surface area (Å²) >= 11 is 1.52. The molecule has 2 aromatic rings. The van der Waals surface area contributed by atoms with Gasteiger partial charge in [-0.05, 0) is 43.7 Å². The van der Waals surface area contributed by atoms with Crippen molar-refractivity contribution >= 4 is 17.1 Å². The smallest absolute Gasteiger partial charge is 0.193 e. The molecule has 0 unspecified atom stereocenters. The maximum absolute atomic E-state index is 13.2. The van der Waals surface area contributed by atoms with Crippen molar-refractivity contribution in [1.82, 2.24) is 0 Å². The van der Waals surface area contributed by atoms with E-state index < -0.39 is 0 Å². The Labute approximate surface area is 97.6 Å². The molecule has 1 aromatic heterocycles. The Morgan fingerprint density at radius 1 is 1.12 bits per heavy atom. The average molecular weight is 234 g/mol. The molecular formula is C13H11FOS. The van der Waals surface area contributed by atoms with Crippen LogP contribution in [0.4, 0.5) is 4.39 Å². The Kier molecular flexibility index (Phi) is 2.88. The molecule has 3 heteroatoms. The first-order chi connectivity index (χ1) is 7.56. The van der Waals surface area contributed by atoms with Gasteiger partial charge in [0, 0.05) is 21.4 Å². The summed E-state index contributed by atoms with van der Waals surface area (Å²) in [4.78, 5) is 13.1. The van der Waals surface area contributed by atoms with Gasteiger partial charge in [-0.1, -0.05) is 0 Å². The first-order valence-electron chi connectivity index (χ1n) is 4.93. The van der Waals surface area contributed by atoms with Crippen molar-refractivity contribution in [3.63, 3.8) is 0 Å². The normalized spacial score (nSPS) is 10.4. The summed E-state index contributed by atoms with van der Waals surface area (Å²) in [7, 11) is 0. The molecule has 0 radical (unpaired) electrons. The number of hydrogen-bond donors (Lipinski definition) is 0. The zero-order valence-corrected chi connectivity index (χ0v) is 9.90. The second kappa shape index (κ2) is 4.18. The molecule has 1 aromatic carbocycles. The highest BCUT2D eigenvalue weighted by atomic mass is 32.1. The molecule has 0 atom stereocenters. The summed E-state index contributed by atoms with van der Waals surface area (Å²) < 4.78 is 13.2. The molecule has 0 N–H and O–H groups in total. The van der Waals surface area contributed by atoms with E-state index in [-0.39, 0.29) is 11.6 Å². The molecule has 16 heavy (non-hydrogen) atoms. The van der Waals surface area contributed by atoms with E-state index in [9.17, 15) is 9.18 Å². The molecule has 0 aliphatic heterocycles. The third-order valence-corrected chi connectivity index (χ3v) is 3.16. The Morgan fingerprint density at radius 3 is 2.44 bits per heavy atom. The van der Waals surface area contributed by atoms with Gasteiger partial charge in [-0.2, -0.15) is 0 Å². The second-order valence-corrected chi connectivity index (χ2v) is 4.91. The maximum atomic E-state index is 13.2. The predicted molar refractivity (Wildman–Crippen MR) is 63.6 cm³/mol. The molecule has 1 nitrogen and oxygen atoms in total. The third kappa shape index (κ3) is 2.19. The second-order valence-electron chi connectivity index (χ2n) is 3.79. The van der Waals surface area contributed by atoms with E-state index in [1.807, 2.05) is 13.0 Å². The van der Waals surface area contributed by atoms with Crippen molar-refractivity contribution in [3.05, 3.63) is 57.0 Å². The van der Waals surface area contributed by atoms with Gasteiger partial charge in [-0.25, -0.2) is 4.39 Å². The highest BCUT2D eigenvalue weighted by Gasteiger charge is 2.11. The lowest BCUT2D eigenvalue weighted by molar-refractivity contribution is 0.103. The van der Waals surface area contributed by atoms with E-state index in [0.717, 1.165) is 10.4 Å². The third-order valence-electron chi connectivity index (χ3n) is 2.30. The van der Waals surface area contributed by atoms with Crippen LogP contribution in [0, 0.1) is 19.7 Å². The maximum Gasteiger partial charge on any atom is 0.193 e. The van der Waals surface area contributed by atoms with Crippen LogP contribution in [0.15, 0.2) is 29.6 Å². The lowest BCUT2D eigenvalue weighted by Gasteiger charge is -2.00. The van der Waals surface area contributed by atoms with Crippen LogP contribution >= 0.6 is 11.3 Å². The minimum absolute atomic E-state index is 0.119. The van der Waals surface area contributed by atoms with Gasteiger partial charge in [0.1, 0.15) is 5.82 Å². The molecule has 0 aliphatic rings. The van der Waals surface area contributed by atoms with E-state index >= 15 is 0 Å². The van der Waals surface area contributed by atoms with Gasteiger partial charge in [0.2, 0.25) is 0 Å². The quantitative estimate of drug-likeness (QED) is 0.723. The fraction of sp³-hybridized carbons (Fsp3) is 0.154. The molecule has 0 saturated carbocycles. The zero-order valence-electron chi connectivity index (χ0n) is 9.08. The van der Waals surface area contributed by atoms with Crippen LogP contribution in [0.5, 0.6) is 0 Å². The van der Waals surface area contributed by atoms with Crippen molar-refractivity contribution in [2.75, 3.05) is 0 Å². The molecule has 0 amide bonds. The van der Waals surface area contributed by atoms with Crippen LogP contribution in [0.25, 0.3) is 0 Å². The van der Waals surface area contributed by atoms with E-state index in [1.165, 1.54) is 23.5 Å². The number of halogens is 1. The van der Waals surface area contributed by atoms with Crippen LogP contribution < -0.4 is 0 Å². The molecular weight excluding hydrogens is 223 g/mol. The topological polar surface area (TPSA) is 17.1 Å². The summed E-state index contributed by atoms with van der Waals surface area (Å²) in [5.41, 5.74) is 1.80. The number of benzene rings is 1. The van der Waals surface area contributed by atoms with E-state index in [2.05, 4.69) is 0 Å². The minimum Gasteiger partial charge on any atom is -0.289 e. The zero-order chi connectivity index (χ0) is 11.7. The number of thiophene rings is 1. The van der Waals surface area contributed by atoms with Gasteiger partial charge in [-0.3, -0.25) is 4.79 Å². The van der Waals surface area contributed by atoms with E-state index in [1.54, 1.807) is 18.4 Å². The van der Waals surface area contributed by atoms with Crippen molar-refractivity contribution < 1.29 is 9.18 Å². The van der Waals surface area contributed by atoms with Crippen LogP contribution in [0.3, 0.4) is 0 Å².